The Kier molecular flexibility index (Phi) is 8.08. The molecule has 1 fully saturated rings. The molecule has 0 saturated carbocycles. The van der Waals surface area contributed by atoms with Crippen LogP contribution < -0.4 is 5.32 Å². The first-order valence-electron chi connectivity index (χ1n) is 8.04. The van der Waals surface area contributed by atoms with Crippen LogP contribution in [-0.2, 0) is 4.74 Å². The van der Waals surface area contributed by atoms with Gasteiger partial charge in [-0.25, -0.2) is 0 Å². The monoisotopic (exact) mass is 305 g/mol. The fraction of sp³-hybridized carbons (Fsp3) is 1.00. The molecule has 5 N–H and O–H groups in total. The van der Waals surface area contributed by atoms with Gasteiger partial charge in [0.15, 0.2) is 5.79 Å². The van der Waals surface area contributed by atoms with Crippen molar-refractivity contribution in [3.05, 3.63) is 0 Å². The zero-order valence-electron chi connectivity index (χ0n) is 13.2. The molecule has 0 aromatic carbocycles. The summed E-state index contributed by atoms with van der Waals surface area (Å²) in [5.74, 6) is -1.56. The standard InChI is InChI=1S/C15H31NO5/c1-3-4-5-6-7-8-9-15(20)14(16-2)13(19)12(18)11(10-17)21-15/h11-14,16-20H,3-10H2,1-2H3/t11-,12-,13+,14-,15?/m1/s1. The van der Waals surface area contributed by atoms with E-state index in [-0.39, 0.29) is 0 Å². The van der Waals surface area contributed by atoms with Gasteiger partial charge in [0.05, 0.1) is 12.6 Å². The first-order valence-corrected chi connectivity index (χ1v) is 8.04. The number of aliphatic hydroxyl groups is 4. The highest BCUT2D eigenvalue weighted by atomic mass is 16.6. The lowest BCUT2D eigenvalue weighted by molar-refractivity contribution is -0.321. The van der Waals surface area contributed by atoms with Crippen LogP contribution in [0.4, 0.5) is 0 Å². The van der Waals surface area contributed by atoms with E-state index in [1.54, 1.807) is 7.05 Å². The van der Waals surface area contributed by atoms with Crippen LogP contribution in [0.2, 0.25) is 0 Å². The van der Waals surface area contributed by atoms with Crippen molar-refractivity contribution < 1.29 is 25.2 Å². The van der Waals surface area contributed by atoms with E-state index in [0.717, 1.165) is 19.3 Å². The van der Waals surface area contributed by atoms with E-state index in [1.807, 2.05) is 0 Å². The summed E-state index contributed by atoms with van der Waals surface area (Å²) in [5.41, 5.74) is 0. The Labute approximate surface area is 127 Å². The van der Waals surface area contributed by atoms with Crippen molar-refractivity contribution in [3.8, 4) is 0 Å². The van der Waals surface area contributed by atoms with Crippen molar-refractivity contribution in [1.29, 1.82) is 0 Å². The predicted octanol–water partition coefficient (Wildman–Crippen LogP) is 0.127. The lowest BCUT2D eigenvalue weighted by Crippen LogP contribution is -2.69. The molecule has 0 bridgehead atoms. The average molecular weight is 305 g/mol. The average Bonchev–Trinajstić information content (AvgIpc) is 2.47. The van der Waals surface area contributed by atoms with Crippen LogP contribution in [0.1, 0.15) is 51.9 Å². The maximum atomic E-state index is 10.7. The highest BCUT2D eigenvalue weighted by molar-refractivity contribution is 4.99. The Morgan fingerprint density at radius 1 is 1.05 bits per heavy atom. The SMILES string of the molecule is CCCCCCCCC1(O)O[C@H](CO)[C@@H](O)[C@H](O)[C@H]1NC. The molecule has 1 unspecified atom stereocenters. The molecule has 1 saturated heterocycles. The molecule has 1 aliphatic heterocycles. The molecule has 6 heteroatoms. The third-order valence-corrected chi connectivity index (χ3v) is 4.29. The maximum absolute atomic E-state index is 10.7. The topological polar surface area (TPSA) is 102 Å². The third kappa shape index (κ3) is 4.87. The summed E-state index contributed by atoms with van der Waals surface area (Å²) < 4.78 is 5.47. The quantitative estimate of drug-likeness (QED) is 0.388. The number of ether oxygens (including phenoxy) is 1. The molecule has 0 aromatic rings. The van der Waals surface area contributed by atoms with Gasteiger partial charge in [-0.1, -0.05) is 39.0 Å². The number of hydrogen-bond acceptors (Lipinski definition) is 6. The Morgan fingerprint density at radius 2 is 1.67 bits per heavy atom. The number of aliphatic hydroxyl groups excluding tert-OH is 3. The van der Waals surface area contributed by atoms with Crippen LogP contribution in [-0.4, -0.2) is 64.2 Å². The van der Waals surface area contributed by atoms with E-state index in [2.05, 4.69) is 12.2 Å². The van der Waals surface area contributed by atoms with Gasteiger partial charge in [-0.3, -0.25) is 0 Å². The maximum Gasteiger partial charge on any atom is 0.184 e. The van der Waals surface area contributed by atoms with Crippen LogP contribution in [0.3, 0.4) is 0 Å². The fourth-order valence-corrected chi connectivity index (χ4v) is 3.00. The number of likely N-dealkylation sites (N-methyl/N-ethyl adjacent to an activating group) is 1. The van der Waals surface area contributed by atoms with Crippen molar-refractivity contribution in [2.75, 3.05) is 13.7 Å². The molecule has 0 aliphatic carbocycles. The Hall–Kier alpha value is -0.240. The Bertz CT molecular complexity index is 291. The van der Waals surface area contributed by atoms with Crippen LogP contribution in [0.15, 0.2) is 0 Å². The number of rotatable bonds is 9. The molecule has 0 aromatic heterocycles. The molecule has 21 heavy (non-hydrogen) atoms. The first kappa shape index (κ1) is 18.8. The van der Waals surface area contributed by atoms with Gasteiger partial charge in [-0.05, 0) is 13.5 Å². The number of unbranched alkanes of at least 4 members (excludes halogenated alkanes) is 5. The Morgan fingerprint density at radius 3 is 2.24 bits per heavy atom. The van der Waals surface area contributed by atoms with Crippen molar-refractivity contribution in [2.45, 2.75) is 82.0 Å². The molecular formula is C15H31NO5. The normalized spacial score (nSPS) is 36.9. The summed E-state index contributed by atoms with van der Waals surface area (Å²) >= 11 is 0. The van der Waals surface area contributed by atoms with E-state index >= 15 is 0 Å². The molecule has 1 aliphatic rings. The number of nitrogens with one attached hydrogen (secondary N) is 1. The zero-order chi connectivity index (χ0) is 15.9. The molecule has 1 rings (SSSR count). The van der Waals surface area contributed by atoms with E-state index < -0.39 is 36.7 Å². The smallest absolute Gasteiger partial charge is 0.184 e. The molecule has 0 amide bonds. The third-order valence-electron chi connectivity index (χ3n) is 4.29. The molecule has 1 heterocycles. The zero-order valence-corrected chi connectivity index (χ0v) is 13.2. The van der Waals surface area contributed by atoms with Gasteiger partial charge in [0.2, 0.25) is 0 Å². The first-order chi connectivity index (χ1) is 10.00. The minimum atomic E-state index is -1.56. The summed E-state index contributed by atoms with van der Waals surface area (Å²) in [6.07, 6.45) is 3.50. The van der Waals surface area contributed by atoms with Crippen LogP contribution in [0.25, 0.3) is 0 Å². The van der Waals surface area contributed by atoms with E-state index in [0.29, 0.717) is 6.42 Å². The summed E-state index contributed by atoms with van der Waals surface area (Å²) in [4.78, 5) is 0. The van der Waals surface area contributed by atoms with Crippen LogP contribution in [0, 0.1) is 0 Å². The van der Waals surface area contributed by atoms with Gasteiger partial charge < -0.3 is 30.5 Å². The minimum absolute atomic E-state index is 0.366. The van der Waals surface area contributed by atoms with Gasteiger partial charge >= 0.3 is 0 Å². The lowest BCUT2D eigenvalue weighted by Gasteiger charge is -2.47. The van der Waals surface area contributed by atoms with Crippen molar-refractivity contribution in [3.63, 3.8) is 0 Å². The van der Waals surface area contributed by atoms with E-state index in [9.17, 15) is 20.4 Å². The van der Waals surface area contributed by atoms with Gasteiger partial charge in [-0.15, -0.1) is 0 Å². The lowest BCUT2D eigenvalue weighted by atomic mass is 9.87. The molecule has 5 atom stereocenters. The second-order valence-corrected chi connectivity index (χ2v) is 5.95. The predicted molar refractivity (Wildman–Crippen MR) is 79.8 cm³/mol. The molecule has 0 spiro atoms. The van der Waals surface area contributed by atoms with Gasteiger partial charge in [0, 0.05) is 6.42 Å². The molecule has 126 valence electrons. The van der Waals surface area contributed by atoms with Crippen molar-refractivity contribution in [2.24, 2.45) is 0 Å². The van der Waals surface area contributed by atoms with Gasteiger partial charge in [-0.2, -0.15) is 0 Å². The summed E-state index contributed by atoms with van der Waals surface area (Å²) in [6, 6.07) is -0.772. The summed E-state index contributed by atoms with van der Waals surface area (Å²) in [6.45, 7) is 1.73. The number of hydrogen-bond donors (Lipinski definition) is 5. The molecular weight excluding hydrogens is 274 g/mol. The van der Waals surface area contributed by atoms with E-state index in [4.69, 9.17) is 4.74 Å². The van der Waals surface area contributed by atoms with Crippen molar-refractivity contribution >= 4 is 0 Å². The van der Waals surface area contributed by atoms with Crippen LogP contribution in [0.5, 0.6) is 0 Å². The highest BCUT2D eigenvalue weighted by Gasteiger charge is 2.51. The van der Waals surface area contributed by atoms with Crippen molar-refractivity contribution in [1.82, 2.24) is 5.32 Å². The molecule has 0 radical (unpaired) electrons. The highest BCUT2D eigenvalue weighted by Crippen LogP contribution is 2.32. The molecule has 6 nitrogen and oxygen atoms in total. The van der Waals surface area contributed by atoms with E-state index in [1.165, 1.54) is 19.3 Å². The minimum Gasteiger partial charge on any atom is -0.394 e. The van der Waals surface area contributed by atoms with Crippen LogP contribution >= 0.6 is 0 Å². The Balaban J connectivity index is 2.54. The second-order valence-electron chi connectivity index (χ2n) is 5.95. The second kappa shape index (κ2) is 9.02. The summed E-state index contributed by atoms with van der Waals surface area (Å²) in [5, 5.41) is 42.6. The largest absolute Gasteiger partial charge is 0.394 e. The summed E-state index contributed by atoms with van der Waals surface area (Å²) in [7, 11) is 1.61. The van der Waals surface area contributed by atoms with Gasteiger partial charge in [0.25, 0.3) is 0 Å². The fourth-order valence-electron chi connectivity index (χ4n) is 3.00. The van der Waals surface area contributed by atoms with Gasteiger partial charge in [0.1, 0.15) is 18.3 Å².